The number of piperazine rings is 1. The molecule has 1 aliphatic heterocycles. The van der Waals surface area contributed by atoms with Crippen LogP contribution in [-0.4, -0.2) is 57.0 Å². The molecule has 1 saturated heterocycles. The highest BCUT2D eigenvalue weighted by Gasteiger charge is 2.22. The molecule has 2 heterocycles. The molecule has 0 aliphatic carbocycles. The molecule has 1 unspecified atom stereocenters. The number of benzene rings is 3. The third-order valence-electron chi connectivity index (χ3n) is 6.48. The van der Waals surface area contributed by atoms with Crippen molar-refractivity contribution < 1.29 is 13.8 Å². The van der Waals surface area contributed by atoms with Gasteiger partial charge in [0.2, 0.25) is 5.91 Å². The fourth-order valence-electron chi connectivity index (χ4n) is 4.52. The van der Waals surface area contributed by atoms with Gasteiger partial charge in [0.05, 0.1) is 10.4 Å². The summed E-state index contributed by atoms with van der Waals surface area (Å²) in [6.07, 6.45) is 1.69. The number of rotatable bonds is 7. The van der Waals surface area contributed by atoms with E-state index in [0.29, 0.717) is 34.8 Å². The van der Waals surface area contributed by atoms with Crippen LogP contribution in [0.5, 0.6) is 0 Å². The van der Waals surface area contributed by atoms with Gasteiger partial charge in [-0.2, -0.15) is 0 Å². The summed E-state index contributed by atoms with van der Waals surface area (Å²) >= 11 is 0. The second kappa shape index (κ2) is 11.5. The Hall–Kier alpha value is -4.08. The average Bonchev–Trinajstić information content (AvgIpc) is 2.94. The van der Waals surface area contributed by atoms with Gasteiger partial charge in [-0.05, 0) is 54.1 Å². The van der Waals surface area contributed by atoms with Crippen LogP contribution in [0.1, 0.15) is 22.8 Å². The van der Waals surface area contributed by atoms with Crippen LogP contribution in [0.25, 0.3) is 10.9 Å². The van der Waals surface area contributed by atoms with Gasteiger partial charge in [-0.3, -0.25) is 19.5 Å². The first-order chi connectivity index (χ1) is 18.5. The standard InChI is InChI=1S/C29H29N5O3S/c1-21(35)31-25-11-7-22(8-12-25)20-33-16-18-34(19-17-33)29(36)24-9-13-26(14-10-24)32-38(37)27-6-2-4-23-5-3-15-30-28(23)27/h2-15,32H,16-20H2,1H3,(H,31,35). The van der Waals surface area contributed by atoms with E-state index < -0.39 is 11.0 Å². The van der Waals surface area contributed by atoms with Crippen LogP contribution < -0.4 is 10.0 Å². The Bertz CT molecular complexity index is 1460. The molecule has 2 amide bonds. The third-order valence-corrected chi connectivity index (χ3v) is 7.63. The first-order valence-electron chi connectivity index (χ1n) is 12.5. The Morgan fingerprint density at radius 1 is 0.868 bits per heavy atom. The van der Waals surface area contributed by atoms with Crippen molar-refractivity contribution in [1.82, 2.24) is 14.8 Å². The first-order valence-corrected chi connectivity index (χ1v) is 13.6. The molecule has 3 aromatic carbocycles. The van der Waals surface area contributed by atoms with E-state index in [1.165, 1.54) is 12.5 Å². The summed E-state index contributed by atoms with van der Waals surface area (Å²) in [5, 5.41) is 3.71. The number of pyridine rings is 1. The van der Waals surface area contributed by atoms with E-state index >= 15 is 0 Å². The summed E-state index contributed by atoms with van der Waals surface area (Å²) in [4.78, 5) is 33.4. The molecule has 1 fully saturated rings. The minimum Gasteiger partial charge on any atom is -0.336 e. The van der Waals surface area contributed by atoms with Gasteiger partial charge in [0.25, 0.3) is 5.91 Å². The smallest absolute Gasteiger partial charge is 0.253 e. The maximum Gasteiger partial charge on any atom is 0.253 e. The summed E-state index contributed by atoms with van der Waals surface area (Å²) in [5.41, 5.74) is 3.93. The minimum absolute atomic E-state index is 0.00441. The Labute approximate surface area is 224 Å². The Morgan fingerprint density at radius 3 is 2.26 bits per heavy atom. The zero-order chi connectivity index (χ0) is 26.5. The molecular weight excluding hydrogens is 498 g/mol. The topological polar surface area (TPSA) is 94.6 Å². The monoisotopic (exact) mass is 527 g/mol. The van der Waals surface area contributed by atoms with Crippen LogP contribution in [0, 0.1) is 0 Å². The number of anilines is 2. The number of nitrogens with zero attached hydrogens (tertiary/aromatic N) is 3. The molecule has 1 atom stereocenters. The van der Waals surface area contributed by atoms with Crippen LogP contribution >= 0.6 is 0 Å². The molecular formula is C29H29N5O3S. The fourth-order valence-corrected chi connectivity index (χ4v) is 5.52. The Morgan fingerprint density at radius 2 is 1.55 bits per heavy atom. The lowest BCUT2D eigenvalue weighted by Crippen LogP contribution is -2.48. The van der Waals surface area contributed by atoms with Gasteiger partial charge < -0.3 is 14.9 Å². The predicted octanol–water partition coefficient (Wildman–Crippen LogP) is 4.29. The van der Waals surface area contributed by atoms with Gasteiger partial charge in [-0.15, -0.1) is 0 Å². The van der Waals surface area contributed by atoms with Gasteiger partial charge >= 0.3 is 0 Å². The first kappa shape index (κ1) is 25.6. The lowest BCUT2D eigenvalue weighted by Gasteiger charge is -2.34. The molecule has 0 radical (unpaired) electrons. The van der Waals surface area contributed by atoms with Crippen molar-refractivity contribution in [3.63, 3.8) is 0 Å². The number of hydrogen-bond donors (Lipinski definition) is 2. The van der Waals surface area contributed by atoms with Crippen LogP contribution in [0.3, 0.4) is 0 Å². The van der Waals surface area contributed by atoms with Crippen LogP contribution in [-0.2, 0) is 22.3 Å². The molecule has 0 saturated carbocycles. The number of hydrogen-bond acceptors (Lipinski definition) is 5. The van der Waals surface area contributed by atoms with Crippen molar-refractivity contribution in [1.29, 1.82) is 0 Å². The van der Waals surface area contributed by atoms with E-state index in [1.54, 1.807) is 36.5 Å². The van der Waals surface area contributed by atoms with Gasteiger partial charge in [-0.25, -0.2) is 4.21 Å². The second-order valence-corrected chi connectivity index (χ2v) is 10.4. The average molecular weight is 528 g/mol. The van der Waals surface area contributed by atoms with Crippen molar-refractivity contribution in [3.8, 4) is 0 Å². The summed E-state index contributed by atoms with van der Waals surface area (Å²) in [6.45, 7) is 5.18. The van der Waals surface area contributed by atoms with E-state index in [0.717, 1.165) is 30.7 Å². The van der Waals surface area contributed by atoms with Gasteiger partial charge in [0.1, 0.15) is 0 Å². The van der Waals surface area contributed by atoms with Gasteiger partial charge in [0, 0.05) is 68.2 Å². The van der Waals surface area contributed by atoms with E-state index in [-0.39, 0.29) is 11.8 Å². The second-order valence-electron chi connectivity index (χ2n) is 9.23. The van der Waals surface area contributed by atoms with E-state index in [2.05, 4.69) is 19.9 Å². The Kier molecular flexibility index (Phi) is 7.76. The maximum atomic E-state index is 13.1. The van der Waals surface area contributed by atoms with Crippen molar-refractivity contribution in [2.75, 3.05) is 36.2 Å². The van der Waals surface area contributed by atoms with Crippen LogP contribution in [0.2, 0.25) is 0 Å². The SMILES string of the molecule is CC(=O)Nc1ccc(CN2CCN(C(=O)c3ccc(NS(=O)c4cccc5cccnc45)cc3)CC2)cc1. The molecule has 194 valence electrons. The molecule has 2 N–H and O–H groups in total. The molecule has 4 aromatic rings. The zero-order valence-corrected chi connectivity index (χ0v) is 21.9. The number of aromatic nitrogens is 1. The lowest BCUT2D eigenvalue weighted by molar-refractivity contribution is -0.114. The highest BCUT2D eigenvalue weighted by atomic mass is 32.2. The molecule has 9 heteroatoms. The van der Waals surface area contributed by atoms with Crippen LogP contribution in [0.15, 0.2) is 90.0 Å². The fraction of sp³-hybridized carbons (Fsp3) is 0.207. The molecule has 8 nitrogen and oxygen atoms in total. The quantitative estimate of drug-likeness (QED) is 0.374. The van der Waals surface area contributed by atoms with Crippen LogP contribution in [0.4, 0.5) is 11.4 Å². The van der Waals surface area contributed by atoms with E-state index in [1.807, 2.05) is 53.4 Å². The number of fused-ring (bicyclic) bond motifs is 1. The Balaban J connectivity index is 1.14. The molecule has 1 aliphatic rings. The van der Waals surface area contributed by atoms with E-state index in [9.17, 15) is 13.8 Å². The van der Waals surface area contributed by atoms with Crippen molar-refractivity contribution in [2.24, 2.45) is 0 Å². The zero-order valence-electron chi connectivity index (χ0n) is 21.1. The van der Waals surface area contributed by atoms with Gasteiger partial charge in [0.15, 0.2) is 11.0 Å². The third kappa shape index (κ3) is 6.07. The number of nitrogens with one attached hydrogen (secondary N) is 2. The largest absolute Gasteiger partial charge is 0.336 e. The van der Waals surface area contributed by atoms with Gasteiger partial charge in [-0.1, -0.05) is 30.3 Å². The van der Waals surface area contributed by atoms with E-state index in [4.69, 9.17) is 0 Å². The van der Waals surface area contributed by atoms with Crippen molar-refractivity contribution in [2.45, 2.75) is 18.4 Å². The summed E-state index contributed by atoms with van der Waals surface area (Å²) < 4.78 is 16.0. The van der Waals surface area contributed by atoms with Crippen molar-refractivity contribution >= 4 is 45.1 Å². The number of carbonyl (C=O) groups excluding carboxylic acids is 2. The van der Waals surface area contributed by atoms with Crippen molar-refractivity contribution in [3.05, 3.63) is 96.2 Å². The predicted molar refractivity (Wildman–Crippen MR) is 150 cm³/mol. The lowest BCUT2D eigenvalue weighted by atomic mass is 10.1. The molecule has 38 heavy (non-hydrogen) atoms. The summed E-state index contributed by atoms with van der Waals surface area (Å²) in [5.74, 6) is -0.0897. The molecule has 0 spiro atoms. The molecule has 1 aromatic heterocycles. The highest BCUT2D eigenvalue weighted by molar-refractivity contribution is 7.86. The summed E-state index contributed by atoms with van der Waals surface area (Å²) in [6, 6.07) is 24.4. The number of para-hydroxylation sites is 1. The maximum absolute atomic E-state index is 13.1. The number of amides is 2. The number of carbonyl (C=O) groups is 2. The molecule has 5 rings (SSSR count). The highest BCUT2D eigenvalue weighted by Crippen LogP contribution is 2.22. The minimum atomic E-state index is -1.49. The normalized spacial score (nSPS) is 14.7. The molecule has 0 bridgehead atoms. The summed E-state index contributed by atoms with van der Waals surface area (Å²) in [7, 11) is -1.49.